The van der Waals surface area contributed by atoms with Crippen LogP contribution >= 0.6 is 11.6 Å². The van der Waals surface area contributed by atoms with Crippen molar-refractivity contribution in [3.8, 4) is 0 Å². The number of methoxy groups -OCH3 is 1. The van der Waals surface area contributed by atoms with Crippen LogP contribution in [0.2, 0.25) is 5.02 Å². The van der Waals surface area contributed by atoms with Crippen LogP contribution in [0.25, 0.3) is 0 Å². The normalized spacial score (nSPS) is 19.2. The van der Waals surface area contributed by atoms with Crippen molar-refractivity contribution in [2.24, 2.45) is 0 Å². The minimum absolute atomic E-state index is 0.0434. The quantitative estimate of drug-likeness (QED) is 0.592. The van der Waals surface area contributed by atoms with Gasteiger partial charge in [-0.05, 0) is 41.8 Å². The van der Waals surface area contributed by atoms with Gasteiger partial charge in [0.2, 0.25) is 5.91 Å². The van der Waals surface area contributed by atoms with Crippen molar-refractivity contribution in [2.75, 3.05) is 26.8 Å². The molecule has 0 spiro atoms. The van der Waals surface area contributed by atoms with Crippen LogP contribution in [0, 0.1) is 11.6 Å². The molecule has 5 nitrogen and oxygen atoms in total. The molecular weight excluding hydrogens is 412 g/mol. The number of rotatable bonds is 9. The van der Waals surface area contributed by atoms with Gasteiger partial charge < -0.3 is 15.4 Å². The number of halogens is 3. The number of ether oxygens (including phenoxy) is 1. The summed E-state index contributed by atoms with van der Waals surface area (Å²) in [6.07, 6.45) is 0.621. The van der Waals surface area contributed by atoms with Gasteiger partial charge in [-0.25, -0.2) is 8.78 Å². The second kappa shape index (κ2) is 10.8. The Bertz CT molecular complexity index is 851. The Labute approximate surface area is 180 Å². The third-order valence-electron chi connectivity index (χ3n) is 5.19. The lowest BCUT2D eigenvalue weighted by Crippen LogP contribution is -2.43. The molecule has 2 atom stereocenters. The number of nitrogens with one attached hydrogen (secondary N) is 2. The molecular formula is C22H26ClF2N3O2. The molecule has 1 heterocycles. The molecule has 2 aromatic rings. The Morgan fingerprint density at radius 2 is 1.90 bits per heavy atom. The number of carbonyl (C=O) groups is 1. The number of nitrogens with zero attached hydrogens (tertiary/aromatic N) is 1. The summed E-state index contributed by atoms with van der Waals surface area (Å²) in [7, 11) is 1.59. The average molecular weight is 438 g/mol. The van der Waals surface area contributed by atoms with Crippen LogP contribution in [-0.2, 0) is 22.6 Å². The van der Waals surface area contributed by atoms with Crippen molar-refractivity contribution in [2.45, 2.75) is 31.6 Å². The molecule has 0 aromatic heterocycles. The number of amides is 1. The van der Waals surface area contributed by atoms with Crippen molar-refractivity contribution in [1.82, 2.24) is 15.5 Å². The smallest absolute Gasteiger partial charge is 0.237 e. The van der Waals surface area contributed by atoms with Crippen molar-refractivity contribution in [3.63, 3.8) is 0 Å². The van der Waals surface area contributed by atoms with E-state index in [0.717, 1.165) is 11.6 Å². The van der Waals surface area contributed by atoms with Gasteiger partial charge in [-0.3, -0.25) is 9.69 Å². The van der Waals surface area contributed by atoms with Gasteiger partial charge in [0.15, 0.2) is 11.6 Å². The lowest BCUT2D eigenvalue weighted by Gasteiger charge is -2.23. The first kappa shape index (κ1) is 22.6. The van der Waals surface area contributed by atoms with Gasteiger partial charge in [-0.1, -0.05) is 29.8 Å². The fourth-order valence-electron chi connectivity index (χ4n) is 3.63. The zero-order chi connectivity index (χ0) is 21.5. The van der Waals surface area contributed by atoms with E-state index in [9.17, 15) is 13.6 Å². The van der Waals surface area contributed by atoms with E-state index >= 15 is 0 Å². The van der Waals surface area contributed by atoms with Gasteiger partial charge in [0.05, 0.1) is 12.6 Å². The Morgan fingerprint density at radius 1 is 1.17 bits per heavy atom. The Kier molecular flexibility index (Phi) is 8.16. The van der Waals surface area contributed by atoms with Gasteiger partial charge in [0.1, 0.15) is 0 Å². The van der Waals surface area contributed by atoms with E-state index in [0.29, 0.717) is 49.8 Å². The topological polar surface area (TPSA) is 53.6 Å². The molecule has 0 saturated carbocycles. The van der Waals surface area contributed by atoms with Gasteiger partial charge in [-0.15, -0.1) is 0 Å². The lowest BCUT2D eigenvalue weighted by molar-refractivity contribution is -0.125. The van der Waals surface area contributed by atoms with Gasteiger partial charge >= 0.3 is 0 Å². The van der Waals surface area contributed by atoms with Gasteiger partial charge in [-0.2, -0.15) is 0 Å². The molecule has 2 N–H and O–H groups in total. The number of benzene rings is 2. The van der Waals surface area contributed by atoms with E-state index < -0.39 is 11.6 Å². The fraction of sp³-hybridized carbons (Fsp3) is 0.409. The summed E-state index contributed by atoms with van der Waals surface area (Å²) in [6.45, 7) is 2.58. The molecule has 30 heavy (non-hydrogen) atoms. The van der Waals surface area contributed by atoms with E-state index in [1.165, 1.54) is 6.07 Å². The fourth-order valence-corrected chi connectivity index (χ4v) is 3.76. The third-order valence-corrected chi connectivity index (χ3v) is 5.44. The van der Waals surface area contributed by atoms with Crippen molar-refractivity contribution in [1.29, 1.82) is 0 Å². The highest BCUT2D eigenvalue weighted by Crippen LogP contribution is 2.22. The molecule has 1 aliphatic heterocycles. The molecule has 1 fully saturated rings. The van der Waals surface area contributed by atoms with Crippen molar-refractivity contribution < 1.29 is 18.3 Å². The summed E-state index contributed by atoms with van der Waals surface area (Å²) >= 11 is 5.97. The summed E-state index contributed by atoms with van der Waals surface area (Å²) in [5.74, 6) is -1.76. The SMILES string of the molecule is COCCNC(=O)[C@@H]1C[C@H](NCc2ccc(F)c(F)c2)CN1Cc1ccc(Cl)cc1. The molecule has 1 aliphatic rings. The van der Waals surface area contributed by atoms with E-state index in [1.54, 1.807) is 13.2 Å². The Balaban J connectivity index is 1.64. The van der Waals surface area contributed by atoms with Gasteiger partial charge in [0.25, 0.3) is 0 Å². The average Bonchev–Trinajstić information content (AvgIpc) is 3.13. The maximum atomic E-state index is 13.4. The second-order valence-electron chi connectivity index (χ2n) is 7.42. The van der Waals surface area contributed by atoms with Crippen LogP contribution in [-0.4, -0.2) is 49.7 Å². The van der Waals surface area contributed by atoms with Crippen molar-refractivity contribution >= 4 is 17.5 Å². The maximum Gasteiger partial charge on any atom is 0.237 e. The first-order valence-electron chi connectivity index (χ1n) is 9.88. The van der Waals surface area contributed by atoms with Crippen LogP contribution in [0.5, 0.6) is 0 Å². The largest absolute Gasteiger partial charge is 0.383 e. The van der Waals surface area contributed by atoms with E-state index in [2.05, 4.69) is 15.5 Å². The molecule has 1 saturated heterocycles. The molecule has 0 bridgehead atoms. The molecule has 8 heteroatoms. The first-order valence-corrected chi connectivity index (χ1v) is 10.3. The van der Waals surface area contributed by atoms with Crippen LogP contribution in [0.15, 0.2) is 42.5 Å². The lowest BCUT2D eigenvalue weighted by atomic mass is 10.1. The molecule has 2 aromatic carbocycles. The minimum atomic E-state index is -0.861. The van der Waals surface area contributed by atoms with E-state index in [4.69, 9.17) is 16.3 Å². The number of carbonyl (C=O) groups excluding carboxylic acids is 1. The highest BCUT2D eigenvalue weighted by atomic mass is 35.5. The summed E-state index contributed by atoms with van der Waals surface area (Å²) < 4.78 is 31.6. The van der Waals surface area contributed by atoms with E-state index in [-0.39, 0.29) is 18.0 Å². The number of hydrogen-bond donors (Lipinski definition) is 2. The zero-order valence-electron chi connectivity index (χ0n) is 16.8. The molecule has 0 aliphatic carbocycles. The Hall–Kier alpha value is -2.06. The zero-order valence-corrected chi connectivity index (χ0v) is 17.6. The third kappa shape index (κ3) is 6.22. The summed E-state index contributed by atoms with van der Waals surface area (Å²) in [6, 6.07) is 11.2. The molecule has 162 valence electrons. The molecule has 3 rings (SSSR count). The van der Waals surface area contributed by atoms with Crippen LogP contribution < -0.4 is 10.6 Å². The number of likely N-dealkylation sites (tertiary alicyclic amines) is 1. The first-order chi connectivity index (χ1) is 14.5. The van der Waals surface area contributed by atoms with E-state index in [1.807, 2.05) is 24.3 Å². The number of hydrogen-bond acceptors (Lipinski definition) is 4. The predicted octanol–water partition coefficient (Wildman–Crippen LogP) is 3.11. The highest BCUT2D eigenvalue weighted by Gasteiger charge is 2.36. The molecule has 1 amide bonds. The van der Waals surface area contributed by atoms with Crippen molar-refractivity contribution in [3.05, 3.63) is 70.2 Å². The summed E-state index contributed by atoms with van der Waals surface area (Å²) in [5, 5.41) is 6.94. The monoisotopic (exact) mass is 437 g/mol. The van der Waals surface area contributed by atoms with Crippen LogP contribution in [0.1, 0.15) is 17.5 Å². The predicted molar refractivity (Wildman–Crippen MR) is 112 cm³/mol. The second-order valence-corrected chi connectivity index (χ2v) is 7.85. The molecule has 0 radical (unpaired) electrons. The minimum Gasteiger partial charge on any atom is -0.383 e. The summed E-state index contributed by atoms with van der Waals surface area (Å²) in [4.78, 5) is 14.8. The van der Waals surface area contributed by atoms with Crippen LogP contribution in [0.3, 0.4) is 0 Å². The Morgan fingerprint density at radius 3 is 2.60 bits per heavy atom. The maximum absolute atomic E-state index is 13.4. The molecule has 0 unspecified atom stereocenters. The summed E-state index contributed by atoms with van der Waals surface area (Å²) in [5.41, 5.74) is 1.72. The standard InChI is InChI=1S/C22H26ClF2N3O2/c1-30-9-8-26-22(29)21-11-18(27-12-16-4-7-19(24)20(25)10-16)14-28(21)13-15-2-5-17(23)6-3-15/h2-7,10,18,21,27H,8-9,11-14H2,1H3,(H,26,29)/t18-,21-/m0/s1. The van der Waals surface area contributed by atoms with Crippen LogP contribution in [0.4, 0.5) is 8.78 Å². The van der Waals surface area contributed by atoms with Gasteiger partial charge in [0, 0.05) is 44.4 Å². The highest BCUT2D eigenvalue weighted by molar-refractivity contribution is 6.30.